The number of hydrogen-bond donors (Lipinski definition) is 1. The Hall–Kier alpha value is -2.94. The molecule has 3 aromatic rings. The van der Waals surface area contributed by atoms with Crippen molar-refractivity contribution in [2.24, 2.45) is 0 Å². The van der Waals surface area contributed by atoms with Crippen molar-refractivity contribution in [3.05, 3.63) is 36.1 Å². The zero-order chi connectivity index (χ0) is 19.6. The summed E-state index contributed by atoms with van der Waals surface area (Å²) in [5.74, 6) is 1.49. The van der Waals surface area contributed by atoms with E-state index in [0.29, 0.717) is 18.1 Å². The Morgan fingerprint density at radius 3 is 2.86 bits per heavy atom. The lowest BCUT2D eigenvalue weighted by Crippen LogP contribution is -2.27. The predicted octanol–water partition coefficient (Wildman–Crippen LogP) is 3.85. The summed E-state index contributed by atoms with van der Waals surface area (Å²) in [5, 5.41) is 4.75. The van der Waals surface area contributed by atoms with Crippen molar-refractivity contribution in [1.82, 2.24) is 15.0 Å². The number of anilines is 2. The molecule has 0 radical (unpaired) electrons. The number of nitrogens with one attached hydrogen (secondary N) is 1. The first-order chi connectivity index (χ1) is 14.2. The molecule has 1 unspecified atom stereocenters. The summed E-state index contributed by atoms with van der Waals surface area (Å²) in [7, 11) is 0. The molecule has 0 spiro atoms. The Balaban J connectivity index is 1.15. The van der Waals surface area contributed by atoms with E-state index in [1.807, 2.05) is 11.4 Å². The molecule has 0 aromatic carbocycles. The van der Waals surface area contributed by atoms with E-state index < -0.39 is 6.09 Å². The van der Waals surface area contributed by atoms with Gasteiger partial charge in [0, 0.05) is 19.0 Å². The van der Waals surface area contributed by atoms with Crippen LogP contribution in [0.15, 0.2) is 36.1 Å². The first-order valence-corrected chi connectivity index (χ1v) is 10.7. The Kier molecular flexibility index (Phi) is 4.89. The minimum Gasteiger partial charge on any atom is -0.474 e. The third-order valence-electron chi connectivity index (χ3n) is 5.26. The molecular weight excluding hydrogens is 390 g/mol. The summed E-state index contributed by atoms with van der Waals surface area (Å²) >= 11 is 1.62. The van der Waals surface area contributed by atoms with Crippen LogP contribution >= 0.6 is 11.3 Å². The molecule has 29 heavy (non-hydrogen) atoms. The summed E-state index contributed by atoms with van der Waals surface area (Å²) in [5.41, 5.74) is 1.53. The molecule has 1 aliphatic carbocycles. The van der Waals surface area contributed by atoms with E-state index in [1.54, 1.807) is 36.0 Å². The average molecular weight is 411 g/mol. The standard InChI is InChI=1S/C20H21N5O3S/c26-20(24-13-4-5-17(21-10-13)27-14-2-1-3-14)28-15-6-8-25(11-15)19-18-16(7-9-29-18)22-12-23-19/h4-5,7,9-10,12,14-15H,1-3,6,8,11H2,(H,24,26). The molecular formula is C20H21N5O3S. The third-order valence-corrected chi connectivity index (χ3v) is 6.16. The lowest BCUT2D eigenvalue weighted by Gasteiger charge is -2.25. The molecule has 1 saturated heterocycles. The molecule has 1 atom stereocenters. The van der Waals surface area contributed by atoms with Gasteiger partial charge in [0.15, 0.2) is 0 Å². The van der Waals surface area contributed by atoms with Crippen molar-refractivity contribution in [2.45, 2.75) is 37.9 Å². The van der Waals surface area contributed by atoms with Gasteiger partial charge in [-0.2, -0.15) is 0 Å². The van der Waals surface area contributed by atoms with Crippen molar-refractivity contribution in [1.29, 1.82) is 0 Å². The highest BCUT2D eigenvalue weighted by Crippen LogP contribution is 2.30. The molecule has 8 nitrogen and oxygen atoms in total. The van der Waals surface area contributed by atoms with Gasteiger partial charge in [0.25, 0.3) is 0 Å². The van der Waals surface area contributed by atoms with Crippen LogP contribution < -0.4 is 15.0 Å². The van der Waals surface area contributed by atoms with E-state index in [4.69, 9.17) is 9.47 Å². The lowest BCUT2D eigenvalue weighted by molar-refractivity contribution is 0.114. The van der Waals surface area contributed by atoms with E-state index in [1.165, 1.54) is 6.42 Å². The second-order valence-corrected chi connectivity index (χ2v) is 8.19. The summed E-state index contributed by atoms with van der Waals surface area (Å²) in [4.78, 5) is 27.4. The molecule has 2 fully saturated rings. The van der Waals surface area contributed by atoms with Crippen molar-refractivity contribution in [2.75, 3.05) is 23.3 Å². The number of fused-ring (bicyclic) bond motifs is 1. The third kappa shape index (κ3) is 3.95. The van der Waals surface area contributed by atoms with Gasteiger partial charge in [0.1, 0.15) is 24.4 Å². The number of hydrogen-bond acceptors (Lipinski definition) is 8. The average Bonchev–Trinajstić information content (AvgIpc) is 3.35. The van der Waals surface area contributed by atoms with Crippen LogP contribution in [0.4, 0.5) is 16.3 Å². The van der Waals surface area contributed by atoms with E-state index in [2.05, 4.69) is 25.2 Å². The SMILES string of the molecule is O=C(Nc1ccc(OC2CCC2)nc1)OC1CCN(c2ncnc3ccsc23)C1. The number of nitrogens with zero attached hydrogens (tertiary/aromatic N) is 4. The van der Waals surface area contributed by atoms with E-state index >= 15 is 0 Å². The van der Waals surface area contributed by atoms with E-state index in [-0.39, 0.29) is 12.2 Å². The van der Waals surface area contributed by atoms with Gasteiger partial charge in [-0.1, -0.05) is 0 Å². The maximum Gasteiger partial charge on any atom is 0.412 e. The van der Waals surface area contributed by atoms with Crippen LogP contribution in [0.3, 0.4) is 0 Å². The minimum absolute atomic E-state index is 0.186. The highest BCUT2D eigenvalue weighted by molar-refractivity contribution is 7.17. The molecule has 2 aliphatic rings. The molecule has 1 aliphatic heterocycles. The van der Waals surface area contributed by atoms with E-state index in [9.17, 15) is 4.79 Å². The van der Waals surface area contributed by atoms with Crippen LogP contribution in [-0.2, 0) is 4.74 Å². The molecule has 1 saturated carbocycles. The number of amides is 1. The first kappa shape index (κ1) is 18.1. The first-order valence-electron chi connectivity index (χ1n) is 9.78. The van der Waals surface area contributed by atoms with Gasteiger partial charge in [0.2, 0.25) is 5.88 Å². The quantitative estimate of drug-likeness (QED) is 0.682. The Bertz CT molecular complexity index is 1000. The van der Waals surface area contributed by atoms with Crippen LogP contribution in [0.5, 0.6) is 5.88 Å². The van der Waals surface area contributed by atoms with Gasteiger partial charge < -0.3 is 14.4 Å². The summed E-state index contributed by atoms with van der Waals surface area (Å²) in [6.07, 6.45) is 6.92. The lowest BCUT2D eigenvalue weighted by atomic mass is 9.96. The number of ether oxygens (including phenoxy) is 2. The van der Waals surface area contributed by atoms with Gasteiger partial charge in [-0.05, 0) is 36.8 Å². The molecule has 3 aromatic heterocycles. The summed E-state index contributed by atoms with van der Waals surface area (Å²) < 4.78 is 12.4. The molecule has 1 amide bonds. The molecule has 5 rings (SSSR count). The maximum absolute atomic E-state index is 12.3. The zero-order valence-corrected chi connectivity index (χ0v) is 16.6. The fourth-order valence-corrected chi connectivity index (χ4v) is 4.36. The number of aromatic nitrogens is 3. The molecule has 1 N–H and O–H groups in total. The van der Waals surface area contributed by atoms with Gasteiger partial charge >= 0.3 is 6.09 Å². The Morgan fingerprint density at radius 1 is 1.14 bits per heavy atom. The smallest absolute Gasteiger partial charge is 0.412 e. The van der Waals surface area contributed by atoms with Crippen molar-refractivity contribution in [3.8, 4) is 5.88 Å². The highest BCUT2D eigenvalue weighted by atomic mass is 32.1. The summed E-state index contributed by atoms with van der Waals surface area (Å²) in [6.45, 7) is 1.40. The number of thiophene rings is 1. The molecule has 4 heterocycles. The number of carbonyl (C=O) groups excluding carboxylic acids is 1. The predicted molar refractivity (Wildman–Crippen MR) is 111 cm³/mol. The highest BCUT2D eigenvalue weighted by Gasteiger charge is 2.28. The molecule has 9 heteroatoms. The monoisotopic (exact) mass is 411 g/mol. The van der Waals surface area contributed by atoms with E-state index in [0.717, 1.165) is 41.8 Å². The van der Waals surface area contributed by atoms with Crippen molar-refractivity contribution < 1.29 is 14.3 Å². The largest absolute Gasteiger partial charge is 0.474 e. The fourth-order valence-electron chi connectivity index (χ4n) is 3.50. The number of carbonyl (C=O) groups is 1. The van der Waals surface area contributed by atoms with Crippen molar-refractivity contribution in [3.63, 3.8) is 0 Å². The minimum atomic E-state index is -0.477. The van der Waals surface area contributed by atoms with Gasteiger partial charge in [0.05, 0.1) is 28.6 Å². The van der Waals surface area contributed by atoms with Crippen LogP contribution in [0.2, 0.25) is 0 Å². The van der Waals surface area contributed by atoms with Gasteiger partial charge in [-0.25, -0.2) is 19.7 Å². The van der Waals surface area contributed by atoms with Gasteiger partial charge in [-0.15, -0.1) is 11.3 Å². The zero-order valence-electron chi connectivity index (χ0n) is 15.8. The Labute approximate surface area is 171 Å². The normalized spacial score (nSPS) is 19.2. The van der Waals surface area contributed by atoms with Crippen molar-refractivity contribution >= 4 is 39.2 Å². The molecule has 0 bridgehead atoms. The van der Waals surface area contributed by atoms with Crippen LogP contribution in [0.1, 0.15) is 25.7 Å². The second-order valence-electron chi connectivity index (χ2n) is 7.28. The van der Waals surface area contributed by atoms with Crippen LogP contribution in [0.25, 0.3) is 10.2 Å². The second kappa shape index (κ2) is 7.82. The summed E-state index contributed by atoms with van der Waals surface area (Å²) in [6, 6.07) is 5.53. The molecule has 150 valence electrons. The number of pyridine rings is 1. The Morgan fingerprint density at radius 2 is 2.07 bits per heavy atom. The topological polar surface area (TPSA) is 89.5 Å². The number of rotatable bonds is 5. The fraction of sp³-hybridized carbons (Fsp3) is 0.400. The van der Waals surface area contributed by atoms with Crippen LogP contribution in [-0.4, -0.2) is 46.3 Å². The van der Waals surface area contributed by atoms with Crippen LogP contribution in [0, 0.1) is 0 Å². The van der Waals surface area contributed by atoms with Gasteiger partial charge in [-0.3, -0.25) is 5.32 Å². The maximum atomic E-state index is 12.3.